The molecule has 1 spiro atoms. The van der Waals surface area contributed by atoms with Gasteiger partial charge in [-0.05, 0) is 56.4 Å². The van der Waals surface area contributed by atoms with Crippen molar-refractivity contribution in [1.29, 1.82) is 0 Å². The predicted molar refractivity (Wildman–Crippen MR) is 84.8 cm³/mol. The minimum absolute atomic E-state index is 0.0101. The molecule has 0 heterocycles. The van der Waals surface area contributed by atoms with Crippen molar-refractivity contribution in [2.75, 3.05) is 13.2 Å². The van der Waals surface area contributed by atoms with Crippen molar-refractivity contribution in [2.45, 2.75) is 40.5 Å². The molecule has 1 amide bonds. The number of ketones is 1. The number of nitrogens with zero attached hydrogens (tertiary/aromatic N) is 1. The van der Waals surface area contributed by atoms with Gasteiger partial charge in [0.15, 0.2) is 5.78 Å². The standard InChI is InChI=1S/C18H23NO4/c1-5-23-17(21)19(22)9-14-10(2)8-13-15(14)11(3)18(6-7-18)12(4)16(13)20/h8,12,22H,5-7,9H2,1-4H3/t12-/m1/s1. The van der Waals surface area contributed by atoms with Crippen molar-refractivity contribution in [2.24, 2.45) is 11.3 Å². The lowest BCUT2D eigenvalue weighted by molar-refractivity contribution is -0.120. The van der Waals surface area contributed by atoms with Gasteiger partial charge < -0.3 is 4.74 Å². The van der Waals surface area contributed by atoms with Crippen LogP contribution >= 0.6 is 0 Å². The highest BCUT2D eigenvalue weighted by Gasteiger charge is 2.56. The number of rotatable bonds is 3. The number of allylic oxidation sites excluding steroid dienone is 4. The topological polar surface area (TPSA) is 66.8 Å². The summed E-state index contributed by atoms with van der Waals surface area (Å²) in [5.41, 5.74) is 4.66. The number of ether oxygens (including phenoxy) is 1. The van der Waals surface area contributed by atoms with Crippen LogP contribution in [0, 0.1) is 11.3 Å². The minimum Gasteiger partial charge on any atom is -0.448 e. The lowest BCUT2D eigenvalue weighted by Crippen LogP contribution is -2.34. The Balaban J connectivity index is 1.95. The Hall–Kier alpha value is -1.88. The highest BCUT2D eigenvalue weighted by atomic mass is 16.6. The summed E-state index contributed by atoms with van der Waals surface area (Å²) in [6.07, 6.45) is 3.20. The summed E-state index contributed by atoms with van der Waals surface area (Å²) in [5, 5.41) is 10.5. The van der Waals surface area contributed by atoms with Crippen LogP contribution in [0.3, 0.4) is 0 Å². The van der Waals surface area contributed by atoms with E-state index in [9.17, 15) is 14.8 Å². The van der Waals surface area contributed by atoms with Crippen molar-refractivity contribution in [3.05, 3.63) is 33.9 Å². The van der Waals surface area contributed by atoms with E-state index in [0.29, 0.717) is 5.06 Å². The molecule has 0 saturated heterocycles. The van der Waals surface area contributed by atoms with Crippen LogP contribution in [-0.2, 0) is 9.53 Å². The molecule has 1 saturated carbocycles. The maximum atomic E-state index is 12.7. The number of hydroxylamine groups is 2. The number of carbonyl (C=O) groups excluding carboxylic acids is 2. The average molecular weight is 317 g/mol. The fourth-order valence-corrected chi connectivity index (χ4v) is 3.97. The van der Waals surface area contributed by atoms with Gasteiger partial charge in [0.2, 0.25) is 0 Å². The van der Waals surface area contributed by atoms with E-state index in [1.165, 1.54) is 5.57 Å². The van der Waals surface area contributed by atoms with Crippen LogP contribution < -0.4 is 0 Å². The average Bonchev–Trinajstić information content (AvgIpc) is 3.25. The lowest BCUT2D eigenvalue weighted by Gasteiger charge is -2.33. The van der Waals surface area contributed by atoms with Crippen LogP contribution in [0.4, 0.5) is 4.79 Å². The summed E-state index contributed by atoms with van der Waals surface area (Å²) in [5.74, 6) is 0.193. The molecular formula is C18H23NO4. The zero-order valence-corrected chi connectivity index (χ0v) is 14.1. The second-order valence-corrected chi connectivity index (χ2v) is 6.72. The lowest BCUT2D eigenvalue weighted by atomic mass is 9.70. The summed E-state index contributed by atoms with van der Waals surface area (Å²) in [6, 6.07) is 0. The van der Waals surface area contributed by atoms with Crippen LogP contribution in [0.15, 0.2) is 33.9 Å². The SMILES string of the molecule is CCOC(=O)N(O)CC1=C(C)C=C2C(=O)[C@@H](C)C3(CC3)C(C)=C21. The largest absolute Gasteiger partial charge is 0.448 e. The van der Waals surface area contributed by atoms with Gasteiger partial charge in [-0.3, -0.25) is 10.0 Å². The highest BCUT2D eigenvalue weighted by Crippen LogP contribution is 2.63. The van der Waals surface area contributed by atoms with E-state index in [2.05, 4.69) is 6.92 Å². The summed E-state index contributed by atoms with van der Waals surface area (Å²) in [7, 11) is 0. The van der Waals surface area contributed by atoms with Crippen LogP contribution in [0.5, 0.6) is 0 Å². The van der Waals surface area contributed by atoms with Gasteiger partial charge in [0, 0.05) is 16.9 Å². The molecule has 5 nitrogen and oxygen atoms in total. The minimum atomic E-state index is -0.767. The second-order valence-electron chi connectivity index (χ2n) is 6.72. The molecule has 0 aromatic carbocycles. The van der Waals surface area contributed by atoms with E-state index >= 15 is 0 Å². The zero-order chi connectivity index (χ0) is 16.9. The second kappa shape index (κ2) is 5.34. The van der Waals surface area contributed by atoms with Crippen molar-refractivity contribution >= 4 is 11.9 Å². The third-order valence-corrected chi connectivity index (χ3v) is 5.59. The predicted octanol–water partition coefficient (Wildman–Crippen LogP) is 3.41. The number of Topliss-reactive ketones (excluding diaryl/α,β-unsaturated/α-hetero) is 1. The fraction of sp³-hybridized carbons (Fsp3) is 0.556. The monoisotopic (exact) mass is 317 g/mol. The zero-order valence-electron chi connectivity index (χ0n) is 14.1. The van der Waals surface area contributed by atoms with Crippen LogP contribution in [-0.4, -0.2) is 35.3 Å². The molecular weight excluding hydrogens is 294 g/mol. The first kappa shape index (κ1) is 16.0. The number of fused-ring (bicyclic) bond motifs is 1. The molecule has 23 heavy (non-hydrogen) atoms. The van der Waals surface area contributed by atoms with Gasteiger partial charge in [0.1, 0.15) is 0 Å². The van der Waals surface area contributed by atoms with E-state index in [1.807, 2.05) is 19.9 Å². The molecule has 1 N–H and O–H groups in total. The molecule has 5 heteroatoms. The Morgan fingerprint density at radius 2 is 2.09 bits per heavy atom. The first-order chi connectivity index (χ1) is 10.8. The molecule has 0 unspecified atom stereocenters. The van der Waals surface area contributed by atoms with E-state index in [-0.39, 0.29) is 30.3 Å². The van der Waals surface area contributed by atoms with Gasteiger partial charge in [0.25, 0.3) is 0 Å². The van der Waals surface area contributed by atoms with Gasteiger partial charge >= 0.3 is 6.09 Å². The normalized spacial score (nSPS) is 24.8. The maximum Gasteiger partial charge on any atom is 0.434 e. The molecule has 1 atom stereocenters. The smallest absolute Gasteiger partial charge is 0.434 e. The maximum absolute atomic E-state index is 12.7. The highest BCUT2D eigenvalue weighted by molar-refractivity contribution is 6.07. The molecule has 0 bridgehead atoms. The van der Waals surface area contributed by atoms with Crippen molar-refractivity contribution in [1.82, 2.24) is 5.06 Å². The van der Waals surface area contributed by atoms with Gasteiger partial charge in [-0.25, -0.2) is 4.79 Å². The number of hydrogen-bond donors (Lipinski definition) is 1. The fourth-order valence-electron chi connectivity index (χ4n) is 3.97. The van der Waals surface area contributed by atoms with Crippen LogP contribution in [0.25, 0.3) is 0 Å². The Kier molecular flexibility index (Phi) is 3.71. The van der Waals surface area contributed by atoms with Crippen molar-refractivity contribution < 1.29 is 19.5 Å². The number of carbonyl (C=O) groups is 2. The first-order valence-electron chi connectivity index (χ1n) is 8.14. The number of hydrogen-bond acceptors (Lipinski definition) is 4. The third kappa shape index (κ3) is 2.26. The van der Waals surface area contributed by atoms with Gasteiger partial charge in [0.05, 0.1) is 13.2 Å². The third-order valence-electron chi connectivity index (χ3n) is 5.59. The summed E-state index contributed by atoms with van der Waals surface area (Å²) < 4.78 is 4.82. The molecule has 124 valence electrons. The quantitative estimate of drug-likeness (QED) is 0.640. The summed E-state index contributed by atoms with van der Waals surface area (Å²) in [6.45, 7) is 7.95. The van der Waals surface area contributed by atoms with Crippen LogP contribution in [0.2, 0.25) is 0 Å². The van der Waals surface area contributed by atoms with E-state index in [0.717, 1.165) is 35.1 Å². The summed E-state index contributed by atoms with van der Waals surface area (Å²) >= 11 is 0. The molecule has 0 aliphatic heterocycles. The van der Waals surface area contributed by atoms with Crippen molar-refractivity contribution in [3.8, 4) is 0 Å². The molecule has 3 aliphatic carbocycles. The van der Waals surface area contributed by atoms with Gasteiger partial charge in [-0.1, -0.05) is 12.5 Å². The number of amides is 1. The Labute approximate surface area is 136 Å². The van der Waals surface area contributed by atoms with Gasteiger partial charge in [-0.15, -0.1) is 0 Å². The molecule has 3 rings (SSSR count). The Morgan fingerprint density at radius 1 is 1.43 bits per heavy atom. The van der Waals surface area contributed by atoms with Crippen LogP contribution in [0.1, 0.15) is 40.5 Å². The Morgan fingerprint density at radius 3 is 2.65 bits per heavy atom. The van der Waals surface area contributed by atoms with Crippen molar-refractivity contribution in [3.63, 3.8) is 0 Å². The summed E-state index contributed by atoms with van der Waals surface area (Å²) in [4.78, 5) is 24.4. The van der Waals surface area contributed by atoms with E-state index in [1.54, 1.807) is 6.92 Å². The molecule has 1 fully saturated rings. The first-order valence-corrected chi connectivity index (χ1v) is 8.14. The van der Waals surface area contributed by atoms with E-state index in [4.69, 9.17) is 4.74 Å². The molecule has 0 aromatic heterocycles. The van der Waals surface area contributed by atoms with E-state index < -0.39 is 6.09 Å². The molecule has 0 aromatic rings. The Bertz CT molecular complexity index is 679. The van der Waals surface area contributed by atoms with Gasteiger partial charge in [-0.2, -0.15) is 5.06 Å². The molecule has 0 radical (unpaired) electrons. The molecule has 3 aliphatic rings.